The molecule has 0 atom stereocenters. The molecule has 0 amide bonds. The van der Waals surface area contributed by atoms with Gasteiger partial charge in [-0.3, -0.25) is 9.52 Å². The Hall–Kier alpha value is -2.57. The van der Waals surface area contributed by atoms with Crippen LogP contribution in [0.3, 0.4) is 0 Å². The zero-order valence-corrected chi connectivity index (χ0v) is 14.8. The maximum absolute atomic E-state index is 14.1. The van der Waals surface area contributed by atoms with Gasteiger partial charge in [0.2, 0.25) is 0 Å². The standard InChI is InChI=1S/C14H14FN3O6S2/c15-10-6-9(2-1-8(10)5-11(19)24-4-3-16)26(22,23)18-13-12(14(20)21)17-7-25-13/h1-2,6-7,18H,3-5,16H2,(H,20,21). The van der Waals surface area contributed by atoms with E-state index in [0.29, 0.717) is 0 Å². The molecule has 0 spiro atoms. The molecule has 26 heavy (non-hydrogen) atoms. The van der Waals surface area contributed by atoms with Crippen molar-refractivity contribution in [3.8, 4) is 0 Å². The summed E-state index contributed by atoms with van der Waals surface area (Å²) in [5.41, 5.74) is 5.85. The summed E-state index contributed by atoms with van der Waals surface area (Å²) in [4.78, 5) is 25.6. The molecule has 2 rings (SSSR count). The van der Waals surface area contributed by atoms with Crippen LogP contribution >= 0.6 is 11.3 Å². The number of carbonyl (C=O) groups excluding carboxylic acids is 1. The second-order valence-electron chi connectivity index (χ2n) is 4.88. The number of aromatic nitrogens is 1. The molecule has 140 valence electrons. The molecule has 1 aromatic heterocycles. The predicted molar refractivity (Wildman–Crippen MR) is 90.0 cm³/mol. The third-order valence-electron chi connectivity index (χ3n) is 3.05. The number of ether oxygens (including phenoxy) is 1. The topological polar surface area (TPSA) is 149 Å². The van der Waals surface area contributed by atoms with Gasteiger partial charge in [-0.25, -0.2) is 22.6 Å². The number of carboxylic acids is 1. The zero-order chi connectivity index (χ0) is 19.3. The van der Waals surface area contributed by atoms with Crippen LogP contribution in [0.5, 0.6) is 0 Å². The summed E-state index contributed by atoms with van der Waals surface area (Å²) in [6, 6.07) is 2.96. The van der Waals surface area contributed by atoms with E-state index in [1.165, 1.54) is 0 Å². The average molecular weight is 403 g/mol. The number of hydrogen-bond donors (Lipinski definition) is 3. The number of thiazole rings is 1. The lowest BCUT2D eigenvalue weighted by atomic mass is 10.1. The quantitative estimate of drug-likeness (QED) is 0.549. The van der Waals surface area contributed by atoms with Gasteiger partial charge in [0, 0.05) is 6.54 Å². The van der Waals surface area contributed by atoms with Crippen molar-refractivity contribution in [2.24, 2.45) is 5.73 Å². The van der Waals surface area contributed by atoms with Crippen molar-refractivity contribution in [2.75, 3.05) is 17.9 Å². The van der Waals surface area contributed by atoms with E-state index in [1.54, 1.807) is 0 Å². The first kappa shape index (κ1) is 19.8. The number of carbonyl (C=O) groups is 2. The normalized spacial score (nSPS) is 11.2. The number of hydrogen-bond acceptors (Lipinski definition) is 8. The Labute approximate surface area is 151 Å². The molecule has 12 heteroatoms. The largest absolute Gasteiger partial charge is 0.476 e. The van der Waals surface area contributed by atoms with Crippen LogP contribution < -0.4 is 10.5 Å². The van der Waals surface area contributed by atoms with Crippen molar-refractivity contribution in [1.29, 1.82) is 0 Å². The number of halogens is 1. The number of sulfonamides is 1. The van der Waals surface area contributed by atoms with Gasteiger partial charge in [0.05, 0.1) is 16.8 Å². The number of rotatable bonds is 8. The van der Waals surface area contributed by atoms with E-state index in [9.17, 15) is 22.4 Å². The Kier molecular flexibility index (Phi) is 6.23. The minimum atomic E-state index is -4.24. The van der Waals surface area contributed by atoms with E-state index in [-0.39, 0.29) is 30.1 Å². The molecule has 0 aliphatic carbocycles. The fourth-order valence-corrected chi connectivity index (χ4v) is 3.87. The minimum absolute atomic E-state index is 0.00239. The average Bonchev–Trinajstić information content (AvgIpc) is 3.02. The Balaban J connectivity index is 2.20. The monoisotopic (exact) mass is 403 g/mol. The van der Waals surface area contributed by atoms with Crippen molar-refractivity contribution in [1.82, 2.24) is 4.98 Å². The minimum Gasteiger partial charge on any atom is -0.476 e. The first-order chi connectivity index (χ1) is 12.2. The third-order valence-corrected chi connectivity index (χ3v) is 5.27. The lowest BCUT2D eigenvalue weighted by Gasteiger charge is -2.09. The van der Waals surface area contributed by atoms with Crippen LogP contribution in [-0.2, 0) is 26.0 Å². The summed E-state index contributed by atoms with van der Waals surface area (Å²) in [6.45, 7) is 0.130. The molecule has 0 aliphatic heterocycles. The highest BCUT2D eigenvalue weighted by Crippen LogP contribution is 2.25. The number of nitrogens with one attached hydrogen (secondary N) is 1. The second-order valence-corrected chi connectivity index (χ2v) is 7.42. The molecule has 0 saturated heterocycles. The predicted octanol–water partition coefficient (Wildman–Crippen LogP) is 0.826. The number of nitrogens with two attached hydrogens (primary N) is 1. The lowest BCUT2D eigenvalue weighted by molar-refractivity contribution is -0.142. The van der Waals surface area contributed by atoms with E-state index in [1.807, 2.05) is 0 Å². The number of anilines is 1. The highest BCUT2D eigenvalue weighted by molar-refractivity contribution is 7.93. The highest BCUT2D eigenvalue weighted by Gasteiger charge is 2.22. The van der Waals surface area contributed by atoms with E-state index in [0.717, 1.165) is 35.0 Å². The van der Waals surface area contributed by atoms with E-state index >= 15 is 0 Å². The van der Waals surface area contributed by atoms with Gasteiger partial charge in [0.15, 0.2) is 5.69 Å². The SMILES string of the molecule is NCCOC(=O)Cc1ccc(S(=O)(=O)Nc2scnc2C(=O)O)cc1F. The van der Waals surface area contributed by atoms with Gasteiger partial charge < -0.3 is 15.6 Å². The smallest absolute Gasteiger partial charge is 0.357 e. The van der Waals surface area contributed by atoms with Gasteiger partial charge in [0.25, 0.3) is 10.0 Å². The highest BCUT2D eigenvalue weighted by atomic mass is 32.2. The Morgan fingerprint density at radius 2 is 2.12 bits per heavy atom. The number of benzene rings is 1. The number of nitrogens with zero attached hydrogens (tertiary/aromatic N) is 1. The van der Waals surface area contributed by atoms with Crippen LogP contribution in [-0.4, -0.2) is 43.6 Å². The van der Waals surface area contributed by atoms with E-state index in [4.69, 9.17) is 15.6 Å². The van der Waals surface area contributed by atoms with Gasteiger partial charge in [-0.2, -0.15) is 0 Å². The molecule has 0 unspecified atom stereocenters. The van der Waals surface area contributed by atoms with Crippen LogP contribution in [0.1, 0.15) is 16.1 Å². The fraction of sp³-hybridized carbons (Fsp3) is 0.214. The molecule has 0 bridgehead atoms. The van der Waals surface area contributed by atoms with Crippen molar-refractivity contribution < 1.29 is 32.2 Å². The molecule has 0 saturated carbocycles. The van der Waals surface area contributed by atoms with E-state index < -0.39 is 38.4 Å². The molecular formula is C14H14FN3O6S2. The number of aromatic carboxylic acids is 1. The first-order valence-corrected chi connectivity index (χ1v) is 9.44. The van der Waals surface area contributed by atoms with Gasteiger partial charge in [-0.1, -0.05) is 6.07 Å². The molecule has 0 aliphatic rings. The number of esters is 1. The molecule has 4 N–H and O–H groups in total. The molecule has 1 heterocycles. The summed E-state index contributed by atoms with van der Waals surface area (Å²) >= 11 is 0.775. The Morgan fingerprint density at radius 1 is 1.38 bits per heavy atom. The van der Waals surface area contributed by atoms with Crippen LogP contribution in [0.4, 0.5) is 9.39 Å². The first-order valence-electron chi connectivity index (χ1n) is 7.08. The third kappa shape index (κ3) is 4.74. The Morgan fingerprint density at radius 3 is 2.73 bits per heavy atom. The summed E-state index contributed by atoms with van der Waals surface area (Å²) in [7, 11) is -4.24. The number of carboxylic acid groups (broad SMARTS) is 1. The second kappa shape index (κ2) is 8.21. The van der Waals surface area contributed by atoms with Crippen LogP contribution in [0.25, 0.3) is 0 Å². The summed E-state index contributed by atoms with van der Waals surface area (Å²) in [6.07, 6.45) is -0.377. The van der Waals surface area contributed by atoms with Crippen molar-refractivity contribution in [3.63, 3.8) is 0 Å². The van der Waals surface area contributed by atoms with Gasteiger partial charge in [-0.15, -0.1) is 11.3 Å². The van der Waals surface area contributed by atoms with Gasteiger partial charge in [0.1, 0.15) is 17.4 Å². The summed E-state index contributed by atoms with van der Waals surface area (Å²) < 4.78 is 45.5. The molecular weight excluding hydrogens is 389 g/mol. The molecule has 0 radical (unpaired) electrons. The summed E-state index contributed by atoms with van der Waals surface area (Å²) in [5, 5.41) is 8.74. The van der Waals surface area contributed by atoms with E-state index in [2.05, 4.69) is 9.71 Å². The summed E-state index contributed by atoms with van der Waals surface area (Å²) in [5.74, 6) is -3.01. The van der Waals surface area contributed by atoms with Crippen molar-refractivity contribution in [2.45, 2.75) is 11.3 Å². The Bertz CT molecular complexity index is 929. The van der Waals surface area contributed by atoms with Crippen molar-refractivity contribution in [3.05, 3.63) is 40.8 Å². The maximum atomic E-state index is 14.1. The van der Waals surface area contributed by atoms with Crippen molar-refractivity contribution >= 4 is 38.3 Å². The molecule has 0 fully saturated rings. The van der Waals surface area contributed by atoms with Gasteiger partial charge >= 0.3 is 11.9 Å². The fourth-order valence-electron chi connectivity index (χ4n) is 1.87. The van der Waals surface area contributed by atoms with Crippen LogP contribution in [0.2, 0.25) is 0 Å². The van der Waals surface area contributed by atoms with Crippen LogP contribution in [0.15, 0.2) is 28.6 Å². The molecule has 2 aromatic rings. The zero-order valence-electron chi connectivity index (χ0n) is 13.1. The maximum Gasteiger partial charge on any atom is 0.357 e. The molecule has 1 aromatic carbocycles. The lowest BCUT2D eigenvalue weighted by Crippen LogP contribution is -2.17. The van der Waals surface area contributed by atoms with Gasteiger partial charge in [-0.05, 0) is 17.7 Å². The van der Waals surface area contributed by atoms with Crippen LogP contribution in [0, 0.1) is 5.82 Å². The molecule has 9 nitrogen and oxygen atoms in total.